The van der Waals surface area contributed by atoms with Crippen LogP contribution in [0.15, 0.2) is 36.9 Å². The molecule has 0 fully saturated rings. The minimum atomic E-state index is -0.923. The van der Waals surface area contributed by atoms with Crippen LogP contribution in [0.1, 0.15) is 12.0 Å². The summed E-state index contributed by atoms with van der Waals surface area (Å²) < 4.78 is 0. The van der Waals surface area contributed by atoms with Crippen molar-refractivity contribution in [3.63, 3.8) is 0 Å². The number of hydrogen-bond acceptors (Lipinski definition) is 2. The number of rotatable bonds is 7. The van der Waals surface area contributed by atoms with Gasteiger partial charge >= 0.3 is 5.97 Å². The van der Waals surface area contributed by atoms with Gasteiger partial charge in [0, 0.05) is 18.1 Å². The second kappa shape index (κ2) is 7.59. The highest BCUT2D eigenvalue weighted by Gasteiger charge is 2.13. The summed E-state index contributed by atoms with van der Waals surface area (Å²) in [5.41, 5.74) is 0.846. The number of carboxylic acid groups (broad SMARTS) is 1. The average molecular weight is 282 g/mol. The van der Waals surface area contributed by atoms with Crippen molar-refractivity contribution in [1.29, 1.82) is 0 Å². The SMILES string of the molecule is C=CCN(CCC(=O)O)C(=O)Cc1ccc(Cl)cc1. The van der Waals surface area contributed by atoms with Crippen molar-refractivity contribution in [3.8, 4) is 0 Å². The molecule has 0 bridgehead atoms. The van der Waals surface area contributed by atoms with E-state index in [0.29, 0.717) is 11.6 Å². The van der Waals surface area contributed by atoms with E-state index in [1.807, 2.05) is 0 Å². The van der Waals surface area contributed by atoms with Crippen molar-refractivity contribution in [2.75, 3.05) is 13.1 Å². The monoisotopic (exact) mass is 281 g/mol. The molecule has 5 heteroatoms. The zero-order valence-corrected chi connectivity index (χ0v) is 11.3. The van der Waals surface area contributed by atoms with Crippen molar-refractivity contribution >= 4 is 23.5 Å². The highest BCUT2D eigenvalue weighted by Crippen LogP contribution is 2.11. The second-order valence-electron chi connectivity index (χ2n) is 4.08. The van der Waals surface area contributed by atoms with Gasteiger partial charge in [0.25, 0.3) is 0 Å². The lowest BCUT2D eigenvalue weighted by atomic mass is 10.1. The molecule has 0 saturated carbocycles. The van der Waals surface area contributed by atoms with Crippen LogP contribution in [0.2, 0.25) is 5.02 Å². The molecule has 1 N–H and O–H groups in total. The largest absolute Gasteiger partial charge is 0.481 e. The Morgan fingerprint density at radius 1 is 1.32 bits per heavy atom. The van der Waals surface area contributed by atoms with Crippen LogP contribution in [0.25, 0.3) is 0 Å². The van der Waals surface area contributed by atoms with E-state index in [1.54, 1.807) is 30.3 Å². The standard InChI is InChI=1S/C14H16ClNO3/c1-2-8-16(9-7-14(18)19)13(17)10-11-3-5-12(15)6-4-11/h2-6H,1,7-10H2,(H,18,19). The maximum absolute atomic E-state index is 12.1. The van der Waals surface area contributed by atoms with E-state index in [4.69, 9.17) is 16.7 Å². The van der Waals surface area contributed by atoms with Gasteiger partial charge in [-0.3, -0.25) is 9.59 Å². The van der Waals surface area contributed by atoms with E-state index in [2.05, 4.69) is 6.58 Å². The molecule has 4 nitrogen and oxygen atoms in total. The lowest BCUT2D eigenvalue weighted by Gasteiger charge is -2.20. The fraction of sp³-hybridized carbons (Fsp3) is 0.286. The molecule has 0 saturated heterocycles. The van der Waals surface area contributed by atoms with Gasteiger partial charge in [-0.05, 0) is 17.7 Å². The summed E-state index contributed by atoms with van der Waals surface area (Å²) in [5.74, 6) is -1.04. The first kappa shape index (κ1) is 15.2. The van der Waals surface area contributed by atoms with Gasteiger partial charge in [-0.25, -0.2) is 0 Å². The first-order chi connectivity index (χ1) is 9.02. The molecule has 0 radical (unpaired) electrons. The number of carbonyl (C=O) groups is 2. The predicted octanol–water partition coefficient (Wildman–Crippen LogP) is 2.37. The topological polar surface area (TPSA) is 57.6 Å². The molecule has 0 spiro atoms. The number of aliphatic carboxylic acids is 1. The Balaban J connectivity index is 2.62. The molecule has 0 atom stereocenters. The normalized spacial score (nSPS) is 9.95. The van der Waals surface area contributed by atoms with Crippen LogP contribution >= 0.6 is 11.6 Å². The number of nitrogens with zero attached hydrogens (tertiary/aromatic N) is 1. The van der Waals surface area contributed by atoms with E-state index >= 15 is 0 Å². The van der Waals surface area contributed by atoms with E-state index < -0.39 is 5.97 Å². The molecule has 19 heavy (non-hydrogen) atoms. The van der Waals surface area contributed by atoms with Gasteiger partial charge in [-0.1, -0.05) is 29.8 Å². The highest BCUT2D eigenvalue weighted by atomic mass is 35.5. The average Bonchev–Trinajstić information content (AvgIpc) is 2.37. The molecular formula is C14H16ClNO3. The smallest absolute Gasteiger partial charge is 0.305 e. The van der Waals surface area contributed by atoms with E-state index in [9.17, 15) is 9.59 Å². The van der Waals surface area contributed by atoms with Crippen LogP contribution in [0.5, 0.6) is 0 Å². The Bertz CT molecular complexity index is 456. The third-order valence-electron chi connectivity index (χ3n) is 2.57. The molecule has 0 aliphatic carbocycles. The van der Waals surface area contributed by atoms with Crippen molar-refractivity contribution in [3.05, 3.63) is 47.5 Å². The van der Waals surface area contributed by atoms with Gasteiger partial charge in [0.1, 0.15) is 0 Å². The Kier molecular flexibility index (Phi) is 6.09. The second-order valence-corrected chi connectivity index (χ2v) is 4.51. The molecule has 1 amide bonds. The molecule has 0 aromatic heterocycles. The Morgan fingerprint density at radius 2 is 1.95 bits per heavy atom. The van der Waals surface area contributed by atoms with Crippen LogP contribution in [-0.4, -0.2) is 35.0 Å². The van der Waals surface area contributed by atoms with Gasteiger partial charge in [0.05, 0.1) is 12.8 Å². The first-order valence-electron chi connectivity index (χ1n) is 5.88. The third-order valence-corrected chi connectivity index (χ3v) is 2.82. The van der Waals surface area contributed by atoms with Gasteiger partial charge in [0.2, 0.25) is 5.91 Å². The summed E-state index contributed by atoms with van der Waals surface area (Å²) in [6.07, 6.45) is 1.74. The van der Waals surface area contributed by atoms with Crippen molar-refractivity contribution < 1.29 is 14.7 Å². The number of benzene rings is 1. The predicted molar refractivity (Wildman–Crippen MR) is 74.2 cm³/mol. The summed E-state index contributed by atoms with van der Waals surface area (Å²) in [5, 5.41) is 9.27. The van der Waals surface area contributed by atoms with Gasteiger partial charge < -0.3 is 10.0 Å². The minimum absolute atomic E-state index is 0.0692. The van der Waals surface area contributed by atoms with Gasteiger partial charge in [0.15, 0.2) is 0 Å². The maximum atomic E-state index is 12.1. The quantitative estimate of drug-likeness (QED) is 0.781. The number of carboxylic acids is 1. The number of hydrogen-bond donors (Lipinski definition) is 1. The van der Waals surface area contributed by atoms with Crippen molar-refractivity contribution in [2.45, 2.75) is 12.8 Å². The lowest BCUT2D eigenvalue weighted by Crippen LogP contribution is -2.34. The fourth-order valence-corrected chi connectivity index (χ4v) is 1.72. The summed E-state index contributed by atoms with van der Waals surface area (Å²) >= 11 is 5.77. The van der Waals surface area contributed by atoms with Crippen LogP contribution in [0.4, 0.5) is 0 Å². The third kappa shape index (κ3) is 5.57. The zero-order valence-electron chi connectivity index (χ0n) is 10.5. The van der Waals surface area contributed by atoms with E-state index in [1.165, 1.54) is 4.90 Å². The summed E-state index contributed by atoms with van der Waals surface area (Å²) in [4.78, 5) is 24.1. The molecule has 102 valence electrons. The lowest BCUT2D eigenvalue weighted by molar-refractivity contribution is -0.138. The molecule has 1 aromatic carbocycles. The Hall–Kier alpha value is -1.81. The van der Waals surface area contributed by atoms with E-state index in [0.717, 1.165) is 5.56 Å². The van der Waals surface area contributed by atoms with Crippen molar-refractivity contribution in [2.24, 2.45) is 0 Å². The Morgan fingerprint density at radius 3 is 2.47 bits per heavy atom. The molecule has 0 aliphatic heterocycles. The summed E-state index contributed by atoms with van der Waals surface area (Å²) in [6.45, 7) is 4.11. The summed E-state index contributed by atoms with van der Waals surface area (Å²) in [7, 11) is 0. The minimum Gasteiger partial charge on any atom is -0.481 e. The van der Waals surface area contributed by atoms with Crippen LogP contribution in [0, 0.1) is 0 Å². The van der Waals surface area contributed by atoms with Gasteiger partial charge in [-0.2, -0.15) is 0 Å². The van der Waals surface area contributed by atoms with Gasteiger partial charge in [-0.15, -0.1) is 6.58 Å². The molecule has 0 unspecified atom stereocenters. The van der Waals surface area contributed by atoms with Crippen LogP contribution < -0.4 is 0 Å². The molecule has 0 aliphatic rings. The molecular weight excluding hydrogens is 266 g/mol. The first-order valence-corrected chi connectivity index (χ1v) is 6.25. The molecule has 1 aromatic rings. The van der Waals surface area contributed by atoms with Crippen LogP contribution in [-0.2, 0) is 16.0 Å². The fourth-order valence-electron chi connectivity index (χ4n) is 1.59. The zero-order chi connectivity index (χ0) is 14.3. The number of amides is 1. The molecule has 1 rings (SSSR count). The number of carbonyl (C=O) groups excluding carboxylic acids is 1. The maximum Gasteiger partial charge on any atom is 0.305 e. The number of halogens is 1. The van der Waals surface area contributed by atoms with Crippen LogP contribution in [0.3, 0.4) is 0 Å². The van der Waals surface area contributed by atoms with E-state index in [-0.39, 0.29) is 25.3 Å². The Labute approximate surface area is 117 Å². The highest BCUT2D eigenvalue weighted by molar-refractivity contribution is 6.30. The summed E-state index contributed by atoms with van der Waals surface area (Å²) in [6, 6.07) is 7.01. The van der Waals surface area contributed by atoms with Crippen molar-refractivity contribution in [1.82, 2.24) is 4.90 Å². The molecule has 0 heterocycles.